The number of hydrazone groups is 1. The lowest BCUT2D eigenvalue weighted by Gasteiger charge is -2.39. The second kappa shape index (κ2) is 10.4. The van der Waals surface area contributed by atoms with Gasteiger partial charge in [0.2, 0.25) is 5.79 Å². The van der Waals surface area contributed by atoms with Crippen LogP contribution in [-0.2, 0) is 15.3 Å². The fraction of sp³-hybridized carbons (Fsp3) is 0.300. The first kappa shape index (κ1) is 25.6. The van der Waals surface area contributed by atoms with Crippen LogP contribution in [-0.4, -0.2) is 56.0 Å². The lowest BCUT2D eigenvalue weighted by molar-refractivity contribution is -0.244. The molecule has 1 unspecified atom stereocenters. The second-order valence-electron chi connectivity index (χ2n) is 9.55. The number of nitrogens with one attached hydrogen (secondary N) is 2. The Kier molecular flexibility index (Phi) is 7.01. The summed E-state index contributed by atoms with van der Waals surface area (Å²) in [6, 6.07) is 22.7. The molecule has 0 bridgehead atoms. The summed E-state index contributed by atoms with van der Waals surface area (Å²) in [5, 5.41) is 11.9. The second-order valence-corrected chi connectivity index (χ2v) is 9.55. The van der Waals surface area contributed by atoms with E-state index in [9.17, 15) is 9.59 Å². The zero-order chi connectivity index (χ0) is 26.9. The number of hydrogen-bond donors (Lipinski definition) is 2. The van der Waals surface area contributed by atoms with Crippen molar-refractivity contribution in [1.82, 2.24) is 15.6 Å². The molecule has 0 spiro atoms. The molecule has 1 saturated carbocycles. The first-order chi connectivity index (χ1) is 18.4. The van der Waals surface area contributed by atoms with Crippen molar-refractivity contribution in [2.45, 2.75) is 37.6 Å². The Labute approximate surface area is 222 Å². The molecule has 1 aliphatic carbocycles. The van der Waals surface area contributed by atoms with Crippen LogP contribution in [0.5, 0.6) is 0 Å². The molecule has 1 aliphatic heterocycles. The van der Waals surface area contributed by atoms with Crippen molar-refractivity contribution in [2.24, 2.45) is 5.10 Å². The smallest absolute Gasteiger partial charge is 0.338 e. The van der Waals surface area contributed by atoms with Gasteiger partial charge in [0.1, 0.15) is 6.04 Å². The minimum atomic E-state index is -1.23. The van der Waals surface area contributed by atoms with Crippen LogP contribution in [0.3, 0.4) is 0 Å². The maximum Gasteiger partial charge on any atom is 0.338 e. The van der Waals surface area contributed by atoms with Crippen molar-refractivity contribution >= 4 is 17.6 Å². The highest BCUT2D eigenvalue weighted by Gasteiger charge is 2.47. The summed E-state index contributed by atoms with van der Waals surface area (Å²) in [5.41, 5.74) is 5.59. The van der Waals surface area contributed by atoms with Crippen molar-refractivity contribution in [2.75, 3.05) is 21.3 Å². The zero-order valence-electron chi connectivity index (χ0n) is 22.0. The molecule has 8 heteroatoms. The average Bonchev–Trinajstić information content (AvgIpc) is 3.79. The highest BCUT2D eigenvalue weighted by molar-refractivity contribution is 6.14. The van der Waals surface area contributed by atoms with E-state index in [1.165, 1.54) is 5.01 Å². The van der Waals surface area contributed by atoms with Gasteiger partial charge >= 0.3 is 6.03 Å². The Bertz CT molecular complexity index is 1380. The summed E-state index contributed by atoms with van der Waals surface area (Å²) in [6.07, 6.45) is 2.10. The van der Waals surface area contributed by atoms with Gasteiger partial charge in [-0.3, -0.25) is 4.79 Å². The van der Waals surface area contributed by atoms with Gasteiger partial charge < -0.3 is 20.1 Å². The molecule has 0 radical (unpaired) electrons. The number of ether oxygens (including phenoxy) is 2. The molecule has 8 nitrogen and oxygen atoms in total. The lowest BCUT2D eigenvalue weighted by atomic mass is 9.89. The molecular weight excluding hydrogens is 480 g/mol. The van der Waals surface area contributed by atoms with Gasteiger partial charge in [0.15, 0.2) is 0 Å². The van der Waals surface area contributed by atoms with Crippen molar-refractivity contribution < 1.29 is 19.1 Å². The number of carbonyl (C=O) groups is 2. The number of carbonyl (C=O) groups excluding carboxylic acids is 2. The van der Waals surface area contributed by atoms with Crippen molar-refractivity contribution in [3.8, 4) is 11.1 Å². The first-order valence-corrected chi connectivity index (χ1v) is 12.7. The van der Waals surface area contributed by atoms with Gasteiger partial charge in [-0.1, -0.05) is 60.7 Å². The maximum atomic E-state index is 12.9. The zero-order valence-corrected chi connectivity index (χ0v) is 22.0. The van der Waals surface area contributed by atoms with Gasteiger partial charge in [-0.05, 0) is 43.0 Å². The van der Waals surface area contributed by atoms with Gasteiger partial charge in [0.05, 0.1) is 5.71 Å². The largest absolute Gasteiger partial charge is 0.349 e. The van der Waals surface area contributed by atoms with Crippen LogP contribution >= 0.6 is 0 Å². The van der Waals surface area contributed by atoms with Gasteiger partial charge in [0.25, 0.3) is 5.91 Å². The number of hydrogen-bond acceptors (Lipinski definition) is 5. The molecule has 0 aromatic heterocycles. The Balaban J connectivity index is 1.55. The predicted molar refractivity (Wildman–Crippen MR) is 146 cm³/mol. The number of amides is 3. The van der Waals surface area contributed by atoms with Gasteiger partial charge in [0, 0.05) is 49.6 Å². The number of rotatable bonds is 6. The third-order valence-corrected chi connectivity index (χ3v) is 7.24. The van der Waals surface area contributed by atoms with Crippen molar-refractivity contribution in [1.29, 1.82) is 0 Å². The quantitative estimate of drug-likeness (QED) is 0.476. The fourth-order valence-corrected chi connectivity index (χ4v) is 4.98. The summed E-state index contributed by atoms with van der Waals surface area (Å²) < 4.78 is 11.9. The van der Waals surface area contributed by atoms with E-state index in [1.54, 1.807) is 21.3 Å². The van der Waals surface area contributed by atoms with E-state index in [-0.39, 0.29) is 11.9 Å². The number of nitrogens with zero attached hydrogens (tertiary/aromatic N) is 2. The van der Waals surface area contributed by atoms with Gasteiger partial charge in [-0.15, -0.1) is 0 Å². The van der Waals surface area contributed by atoms with Crippen LogP contribution in [0.4, 0.5) is 4.79 Å². The van der Waals surface area contributed by atoms with Gasteiger partial charge in [-0.2, -0.15) is 5.10 Å². The van der Waals surface area contributed by atoms with Crippen LogP contribution in [0.25, 0.3) is 11.1 Å². The van der Waals surface area contributed by atoms with E-state index in [4.69, 9.17) is 14.6 Å². The van der Waals surface area contributed by atoms with E-state index in [1.807, 2.05) is 79.7 Å². The lowest BCUT2D eigenvalue weighted by Crippen LogP contribution is -2.52. The highest BCUT2D eigenvalue weighted by atomic mass is 16.7. The van der Waals surface area contributed by atoms with E-state index in [2.05, 4.69) is 10.6 Å². The number of urea groups is 1. The molecule has 1 atom stereocenters. The molecule has 38 heavy (non-hydrogen) atoms. The van der Waals surface area contributed by atoms with Crippen molar-refractivity contribution in [3.63, 3.8) is 0 Å². The average molecular weight is 513 g/mol. The van der Waals surface area contributed by atoms with Crippen LogP contribution in [0.2, 0.25) is 0 Å². The number of fused-ring (bicyclic) bond motifs is 1. The van der Waals surface area contributed by atoms with E-state index in [0.29, 0.717) is 17.3 Å². The molecule has 2 N–H and O–H groups in total. The molecule has 5 rings (SSSR count). The molecule has 3 amide bonds. The summed E-state index contributed by atoms with van der Waals surface area (Å²) in [6.45, 7) is 1.85. The minimum Gasteiger partial charge on any atom is -0.349 e. The third kappa shape index (κ3) is 4.57. The molecule has 3 aromatic rings. The Morgan fingerprint density at radius 3 is 2.26 bits per heavy atom. The minimum absolute atomic E-state index is 0.0430. The normalized spacial score (nSPS) is 18.2. The molecule has 1 fully saturated rings. The Morgan fingerprint density at radius 2 is 1.61 bits per heavy atom. The molecule has 3 aromatic carbocycles. The SMILES string of the molecule is CNC(=O)N1N=C(c2ccc(-c3cccc(C(=O)NC4CC4)c3)cc2)c2ccccc2C(OC)(OC)C1C. The van der Waals surface area contributed by atoms with E-state index in [0.717, 1.165) is 40.7 Å². The summed E-state index contributed by atoms with van der Waals surface area (Å²) in [5.74, 6) is -1.27. The van der Waals surface area contributed by atoms with E-state index < -0.39 is 11.8 Å². The Morgan fingerprint density at radius 1 is 0.921 bits per heavy atom. The number of benzene rings is 3. The molecule has 0 saturated heterocycles. The summed E-state index contributed by atoms with van der Waals surface area (Å²) in [7, 11) is 4.70. The molecule has 1 heterocycles. The molecule has 2 aliphatic rings. The van der Waals surface area contributed by atoms with Crippen LogP contribution in [0.15, 0.2) is 77.9 Å². The van der Waals surface area contributed by atoms with Gasteiger partial charge in [-0.25, -0.2) is 9.80 Å². The van der Waals surface area contributed by atoms with Crippen LogP contribution < -0.4 is 10.6 Å². The first-order valence-electron chi connectivity index (χ1n) is 12.7. The third-order valence-electron chi connectivity index (χ3n) is 7.24. The topological polar surface area (TPSA) is 92.3 Å². The van der Waals surface area contributed by atoms with E-state index >= 15 is 0 Å². The Hall–Kier alpha value is -4.01. The standard InChI is InChI=1S/C30H32N4O4/c1-19-30(37-3,38-4)26-11-6-5-10-25(26)27(33-34(19)29(36)31-2)21-14-12-20(13-15-21)22-8-7-9-23(18-22)28(35)32-24-16-17-24/h5-15,18-19,24H,16-17H2,1-4H3,(H,31,36)(H,32,35). The van der Waals surface area contributed by atoms with Crippen LogP contribution in [0, 0.1) is 0 Å². The molecule has 196 valence electrons. The van der Waals surface area contributed by atoms with Crippen molar-refractivity contribution in [3.05, 3.63) is 95.1 Å². The fourth-order valence-electron chi connectivity index (χ4n) is 4.98. The maximum absolute atomic E-state index is 12.9. The highest BCUT2D eigenvalue weighted by Crippen LogP contribution is 2.39. The number of methoxy groups -OCH3 is 2. The summed E-state index contributed by atoms with van der Waals surface area (Å²) in [4.78, 5) is 25.5. The predicted octanol–water partition coefficient (Wildman–Crippen LogP) is 4.49. The molecular formula is C30H32N4O4. The van der Waals surface area contributed by atoms with Crippen LogP contribution in [0.1, 0.15) is 46.8 Å². The monoisotopic (exact) mass is 512 g/mol. The summed E-state index contributed by atoms with van der Waals surface area (Å²) >= 11 is 0.